The fourth-order valence-corrected chi connectivity index (χ4v) is 6.20. The topological polar surface area (TPSA) is 101 Å². The first-order valence-corrected chi connectivity index (χ1v) is 13.3. The molecule has 3 atom stereocenters. The summed E-state index contributed by atoms with van der Waals surface area (Å²) in [6.45, 7) is 2.62. The van der Waals surface area contributed by atoms with Gasteiger partial charge in [-0.05, 0) is 79.1 Å². The third kappa shape index (κ3) is 4.35. The molecule has 2 N–H and O–H groups in total. The average molecular weight is 527 g/mol. The highest BCUT2D eigenvalue weighted by Crippen LogP contribution is 2.39. The van der Waals surface area contributed by atoms with Crippen LogP contribution in [0.4, 0.5) is 8.78 Å². The molecule has 6 rings (SSSR count). The lowest BCUT2D eigenvalue weighted by Crippen LogP contribution is -2.50. The summed E-state index contributed by atoms with van der Waals surface area (Å²) in [7, 11) is 0. The summed E-state index contributed by atoms with van der Waals surface area (Å²) < 4.78 is 32.0. The lowest BCUT2D eigenvalue weighted by Gasteiger charge is -2.38. The minimum Gasteiger partial charge on any atom is -0.333 e. The lowest BCUT2D eigenvalue weighted by atomic mass is 9.90. The second kappa shape index (κ2) is 9.86. The Balaban J connectivity index is 1.48. The number of carbonyl (C=O) groups is 1. The van der Waals surface area contributed by atoms with Crippen molar-refractivity contribution in [1.29, 1.82) is 5.26 Å². The molecular weight excluding hydrogens is 498 g/mol. The van der Waals surface area contributed by atoms with Crippen LogP contribution in [-0.2, 0) is 6.54 Å². The summed E-state index contributed by atoms with van der Waals surface area (Å²) >= 11 is 0. The smallest absolute Gasteiger partial charge is 0.254 e. The van der Waals surface area contributed by atoms with E-state index < -0.39 is 11.6 Å². The van der Waals surface area contributed by atoms with Gasteiger partial charge in [0.25, 0.3) is 5.91 Å². The number of fused-ring (bicyclic) bond motifs is 3. The van der Waals surface area contributed by atoms with Gasteiger partial charge in [0.1, 0.15) is 23.2 Å². The Labute approximate surface area is 224 Å². The van der Waals surface area contributed by atoms with Crippen LogP contribution in [0.5, 0.6) is 0 Å². The Morgan fingerprint density at radius 1 is 1.03 bits per heavy atom. The van der Waals surface area contributed by atoms with Gasteiger partial charge >= 0.3 is 0 Å². The van der Waals surface area contributed by atoms with E-state index in [1.165, 1.54) is 18.2 Å². The molecular formula is C30H28F2N6O. The van der Waals surface area contributed by atoms with E-state index in [2.05, 4.69) is 10.3 Å². The molecule has 1 aromatic heterocycles. The van der Waals surface area contributed by atoms with Crippen LogP contribution < -0.4 is 5.73 Å². The molecule has 3 heterocycles. The monoisotopic (exact) mass is 526 g/mol. The first-order valence-electron chi connectivity index (χ1n) is 13.3. The summed E-state index contributed by atoms with van der Waals surface area (Å²) in [4.78, 5) is 15.7. The zero-order valence-corrected chi connectivity index (χ0v) is 21.6. The predicted octanol–water partition coefficient (Wildman–Crippen LogP) is 5.42. The van der Waals surface area contributed by atoms with Crippen LogP contribution in [0.15, 0.2) is 48.5 Å². The minimum atomic E-state index is -0.681. The van der Waals surface area contributed by atoms with Crippen molar-refractivity contribution in [1.82, 2.24) is 19.9 Å². The van der Waals surface area contributed by atoms with Crippen LogP contribution in [0, 0.1) is 23.0 Å². The highest BCUT2D eigenvalue weighted by atomic mass is 19.1. The molecule has 198 valence electrons. The normalized spacial score (nSPS) is 20.4. The third-order valence-corrected chi connectivity index (χ3v) is 8.00. The molecule has 0 unspecified atom stereocenters. The number of aromatic nitrogens is 3. The van der Waals surface area contributed by atoms with Crippen LogP contribution in [-0.4, -0.2) is 43.9 Å². The number of nitrogens with zero attached hydrogens (tertiary/aromatic N) is 5. The molecule has 0 radical (unpaired) electrons. The Bertz CT molecular complexity index is 1630. The summed E-state index contributed by atoms with van der Waals surface area (Å²) in [6.07, 6.45) is 4.24. The van der Waals surface area contributed by atoms with Crippen molar-refractivity contribution >= 4 is 16.9 Å². The van der Waals surface area contributed by atoms with Crippen LogP contribution in [0.25, 0.3) is 33.3 Å². The first-order chi connectivity index (χ1) is 18.9. The fraction of sp³-hybridized carbons (Fsp3) is 0.333. The van der Waals surface area contributed by atoms with Gasteiger partial charge in [0.2, 0.25) is 0 Å². The SMILES string of the molecule is CCCn1nnc2cc(-c3ccc(C(=O)N4[C@@H]5CC[C@H]4C[C@@H](N)C5)cc3-c3ccc(C#N)c(F)c3)c(F)cc21. The number of hydrogen-bond donors (Lipinski definition) is 1. The van der Waals surface area contributed by atoms with E-state index in [-0.39, 0.29) is 35.2 Å². The van der Waals surface area contributed by atoms with E-state index in [0.717, 1.165) is 32.1 Å². The van der Waals surface area contributed by atoms with Gasteiger partial charge in [0.05, 0.1) is 11.1 Å². The maximum atomic E-state index is 15.6. The van der Waals surface area contributed by atoms with E-state index in [1.807, 2.05) is 17.9 Å². The Kier molecular flexibility index (Phi) is 6.35. The highest BCUT2D eigenvalue weighted by Gasteiger charge is 2.42. The van der Waals surface area contributed by atoms with Gasteiger partial charge in [0, 0.05) is 41.9 Å². The van der Waals surface area contributed by atoms with Crippen molar-refractivity contribution in [3.05, 3.63) is 71.3 Å². The van der Waals surface area contributed by atoms with Gasteiger partial charge in [-0.2, -0.15) is 5.26 Å². The summed E-state index contributed by atoms with van der Waals surface area (Å²) in [5.41, 5.74) is 9.39. The molecule has 7 nitrogen and oxygen atoms in total. The van der Waals surface area contributed by atoms with Gasteiger partial charge in [-0.25, -0.2) is 13.5 Å². The Hall–Kier alpha value is -4.16. The quantitative estimate of drug-likeness (QED) is 0.374. The summed E-state index contributed by atoms with van der Waals surface area (Å²) in [5, 5.41) is 17.6. The van der Waals surface area contributed by atoms with Gasteiger partial charge in [-0.3, -0.25) is 4.79 Å². The van der Waals surface area contributed by atoms with Gasteiger partial charge in [-0.15, -0.1) is 5.10 Å². The van der Waals surface area contributed by atoms with Gasteiger partial charge in [0.15, 0.2) is 0 Å². The number of carbonyl (C=O) groups excluding carboxylic acids is 1. The van der Waals surface area contributed by atoms with Crippen molar-refractivity contribution in [3.8, 4) is 28.3 Å². The van der Waals surface area contributed by atoms with E-state index in [1.54, 1.807) is 35.0 Å². The maximum absolute atomic E-state index is 15.6. The number of piperidine rings is 1. The van der Waals surface area contributed by atoms with Crippen LogP contribution >= 0.6 is 0 Å². The predicted molar refractivity (Wildman–Crippen MR) is 144 cm³/mol. The summed E-state index contributed by atoms with van der Waals surface area (Å²) in [6, 6.07) is 14.6. The van der Waals surface area contributed by atoms with Crippen LogP contribution in [0.2, 0.25) is 0 Å². The molecule has 2 aliphatic heterocycles. The van der Waals surface area contributed by atoms with Gasteiger partial charge < -0.3 is 10.6 Å². The second-order valence-electron chi connectivity index (χ2n) is 10.5. The third-order valence-electron chi connectivity index (χ3n) is 8.00. The first kappa shape index (κ1) is 25.1. The van der Waals surface area contributed by atoms with Crippen LogP contribution in [0.3, 0.4) is 0 Å². The lowest BCUT2D eigenvalue weighted by molar-refractivity contribution is 0.0575. The molecule has 9 heteroatoms. The number of nitriles is 1. The van der Waals surface area contributed by atoms with E-state index in [0.29, 0.717) is 39.8 Å². The summed E-state index contributed by atoms with van der Waals surface area (Å²) in [5.74, 6) is -1.26. The number of halogens is 2. The molecule has 2 fully saturated rings. The number of nitrogens with two attached hydrogens (primary N) is 1. The molecule has 3 aromatic carbocycles. The Morgan fingerprint density at radius 2 is 1.79 bits per heavy atom. The molecule has 2 saturated heterocycles. The average Bonchev–Trinajstić information content (AvgIpc) is 3.44. The second-order valence-corrected chi connectivity index (χ2v) is 10.5. The number of rotatable bonds is 5. The highest BCUT2D eigenvalue weighted by molar-refractivity contribution is 5.99. The zero-order valence-electron chi connectivity index (χ0n) is 21.6. The molecule has 39 heavy (non-hydrogen) atoms. The van der Waals surface area contributed by atoms with Crippen molar-refractivity contribution < 1.29 is 13.6 Å². The number of aryl methyl sites for hydroxylation is 1. The van der Waals surface area contributed by atoms with Crippen LogP contribution in [0.1, 0.15) is 54.9 Å². The molecule has 1 amide bonds. The molecule has 0 spiro atoms. The minimum absolute atomic E-state index is 0.0890. The van der Waals surface area contributed by atoms with Crippen molar-refractivity contribution in [2.45, 2.75) is 63.7 Å². The molecule has 2 bridgehead atoms. The van der Waals surface area contributed by atoms with Crippen molar-refractivity contribution in [2.24, 2.45) is 5.73 Å². The molecule has 0 aliphatic carbocycles. The van der Waals surface area contributed by atoms with E-state index in [9.17, 15) is 14.4 Å². The fourth-order valence-electron chi connectivity index (χ4n) is 6.20. The number of amides is 1. The van der Waals surface area contributed by atoms with Crippen molar-refractivity contribution in [3.63, 3.8) is 0 Å². The maximum Gasteiger partial charge on any atom is 0.254 e. The number of benzene rings is 3. The Morgan fingerprint density at radius 3 is 2.49 bits per heavy atom. The molecule has 2 aliphatic rings. The van der Waals surface area contributed by atoms with E-state index in [4.69, 9.17) is 5.73 Å². The molecule has 4 aromatic rings. The largest absolute Gasteiger partial charge is 0.333 e. The van der Waals surface area contributed by atoms with Gasteiger partial charge in [-0.1, -0.05) is 24.3 Å². The van der Waals surface area contributed by atoms with E-state index >= 15 is 4.39 Å². The zero-order chi connectivity index (χ0) is 27.3. The van der Waals surface area contributed by atoms with Crippen molar-refractivity contribution in [2.75, 3.05) is 0 Å². The standard InChI is InChI=1S/C30H28F2N6O/c1-2-9-37-29-15-27(32)25(14-28(29)35-36-37)23-8-5-18(10-24(23)17-3-4-19(16-33)26(31)11-17)30(39)38-21-6-7-22(38)13-20(34)12-21/h3-5,8,10-11,14-15,20-22H,2,6-7,9,12-13,34H2,1H3/t20-,21+,22-. The molecule has 0 saturated carbocycles. The number of hydrogen-bond acceptors (Lipinski definition) is 5.